The number of hydrogen-bond donors (Lipinski definition) is 2. The molecule has 1 aromatic rings. The van der Waals surface area contributed by atoms with Crippen LogP contribution < -0.4 is 10.2 Å². The van der Waals surface area contributed by atoms with Gasteiger partial charge in [-0.05, 0) is 11.6 Å². The Bertz CT molecular complexity index is 398. The fraction of sp³-hybridized carbons (Fsp3) is 0.538. The lowest BCUT2D eigenvalue weighted by atomic mass is 9.92. The summed E-state index contributed by atoms with van der Waals surface area (Å²) in [7, 11) is 0. The topological polar surface area (TPSA) is 44.7 Å². The van der Waals surface area contributed by atoms with Crippen LogP contribution >= 0.6 is 0 Å². The minimum absolute atomic E-state index is 0.401. The van der Waals surface area contributed by atoms with E-state index in [0.29, 0.717) is 13.2 Å². The van der Waals surface area contributed by atoms with Crippen molar-refractivity contribution in [2.24, 2.45) is 0 Å². The summed E-state index contributed by atoms with van der Waals surface area (Å²) in [5.41, 5.74) is 1.23. The molecule has 2 saturated heterocycles. The normalized spacial score (nSPS) is 23.2. The van der Waals surface area contributed by atoms with E-state index in [2.05, 4.69) is 16.3 Å². The molecule has 2 aliphatic heterocycles. The summed E-state index contributed by atoms with van der Waals surface area (Å²) in [6.07, 6.45) is 0. The van der Waals surface area contributed by atoms with Crippen molar-refractivity contribution in [1.82, 2.24) is 5.32 Å². The van der Waals surface area contributed by atoms with Crippen LogP contribution in [0.25, 0.3) is 0 Å². The lowest BCUT2D eigenvalue weighted by molar-refractivity contribution is -0.184. The van der Waals surface area contributed by atoms with Gasteiger partial charge < -0.3 is 20.1 Å². The fourth-order valence-electron chi connectivity index (χ4n) is 2.29. The summed E-state index contributed by atoms with van der Waals surface area (Å²) in [4.78, 5) is 2.29. The second-order valence-electron chi connectivity index (χ2n) is 4.72. The number of benzene rings is 1. The molecular weight excluding hydrogens is 216 g/mol. The predicted octanol–water partition coefficient (Wildman–Crippen LogP) is 0.114. The maximum Gasteiger partial charge on any atom is 0.136 e. The highest BCUT2D eigenvalue weighted by Gasteiger charge is 2.38. The predicted molar refractivity (Wildman–Crippen MR) is 65.1 cm³/mol. The molecule has 17 heavy (non-hydrogen) atoms. The van der Waals surface area contributed by atoms with Crippen molar-refractivity contribution in [3.8, 4) is 0 Å². The first-order valence-electron chi connectivity index (χ1n) is 6.06. The standard InChI is InChI=1S/C13H17N2O2/c16-13(9-17-10-13)11-2-1-3-12(8-11)15-6-4-14-5-7-15/h1-2,8,14,16H,4-7,9-10H2. The Morgan fingerprint density at radius 2 is 2.12 bits per heavy atom. The van der Waals surface area contributed by atoms with Crippen molar-refractivity contribution in [3.63, 3.8) is 0 Å². The van der Waals surface area contributed by atoms with Crippen LogP contribution in [0.15, 0.2) is 18.2 Å². The van der Waals surface area contributed by atoms with Gasteiger partial charge in [0.1, 0.15) is 5.60 Å². The zero-order valence-corrected chi connectivity index (χ0v) is 9.78. The Balaban J connectivity index is 1.83. The van der Waals surface area contributed by atoms with E-state index < -0.39 is 5.60 Å². The van der Waals surface area contributed by atoms with Gasteiger partial charge in [0.2, 0.25) is 0 Å². The molecule has 0 unspecified atom stereocenters. The van der Waals surface area contributed by atoms with Crippen molar-refractivity contribution in [2.45, 2.75) is 5.60 Å². The first kappa shape index (κ1) is 11.0. The van der Waals surface area contributed by atoms with Crippen molar-refractivity contribution < 1.29 is 9.84 Å². The number of rotatable bonds is 2. The van der Waals surface area contributed by atoms with Crippen LogP contribution in [0.1, 0.15) is 5.56 Å². The van der Waals surface area contributed by atoms with E-state index in [4.69, 9.17) is 4.74 Å². The van der Waals surface area contributed by atoms with E-state index in [0.717, 1.165) is 37.4 Å². The van der Waals surface area contributed by atoms with Crippen molar-refractivity contribution in [3.05, 3.63) is 29.8 Å². The lowest BCUT2D eigenvalue weighted by Gasteiger charge is -2.37. The average molecular weight is 233 g/mol. The van der Waals surface area contributed by atoms with E-state index in [1.807, 2.05) is 18.2 Å². The van der Waals surface area contributed by atoms with Gasteiger partial charge in [-0.2, -0.15) is 0 Å². The van der Waals surface area contributed by atoms with Crippen LogP contribution in [0.3, 0.4) is 0 Å². The maximum atomic E-state index is 10.2. The quantitative estimate of drug-likeness (QED) is 0.761. The van der Waals surface area contributed by atoms with Crippen LogP contribution in [-0.4, -0.2) is 44.5 Å². The van der Waals surface area contributed by atoms with Crippen LogP contribution in [0.4, 0.5) is 5.69 Å². The summed E-state index contributed by atoms with van der Waals surface area (Å²) in [5, 5.41) is 13.6. The lowest BCUT2D eigenvalue weighted by Crippen LogP contribution is -2.47. The first-order valence-corrected chi connectivity index (χ1v) is 6.06. The molecule has 2 heterocycles. The van der Waals surface area contributed by atoms with Gasteiger partial charge in [0, 0.05) is 37.9 Å². The third-order valence-electron chi connectivity index (χ3n) is 3.46. The molecule has 4 nitrogen and oxygen atoms in total. The Morgan fingerprint density at radius 3 is 2.76 bits per heavy atom. The second-order valence-corrected chi connectivity index (χ2v) is 4.72. The zero-order chi connectivity index (χ0) is 11.7. The largest absolute Gasteiger partial charge is 0.380 e. The number of nitrogens with zero attached hydrogens (tertiary/aromatic N) is 1. The van der Waals surface area contributed by atoms with Gasteiger partial charge in [-0.3, -0.25) is 0 Å². The number of hydrogen-bond acceptors (Lipinski definition) is 4. The molecule has 0 spiro atoms. The molecule has 0 saturated carbocycles. The monoisotopic (exact) mass is 233 g/mol. The summed E-state index contributed by atoms with van der Waals surface area (Å²) in [6, 6.07) is 9.10. The molecule has 2 N–H and O–H groups in total. The van der Waals surface area contributed by atoms with Gasteiger partial charge >= 0.3 is 0 Å². The number of piperazine rings is 1. The van der Waals surface area contributed by atoms with Crippen molar-refractivity contribution in [2.75, 3.05) is 44.3 Å². The molecule has 2 fully saturated rings. The molecule has 2 aliphatic rings. The molecule has 0 aromatic heterocycles. The Morgan fingerprint density at radius 1 is 1.35 bits per heavy atom. The SMILES string of the molecule is OC1(c2cc[c]c(N3CCNCC3)c2)COC1. The first-order chi connectivity index (χ1) is 8.28. The summed E-state index contributed by atoms with van der Waals surface area (Å²) >= 11 is 0. The second kappa shape index (κ2) is 4.29. The highest BCUT2D eigenvalue weighted by Crippen LogP contribution is 2.31. The number of anilines is 1. The van der Waals surface area contributed by atoms with E-state index in [-0.39, 0.29) is 0 Å². The van der Waals surface area contributed by atoms with Gasteiger partial charge in [0.25, 0.3) is 0 Å². The summed E-state index contributed by atoms with van der Waals surface area (Å²) < 4.78 is 5.09. The molecule has 0 bridgehead atoms. The van der Waals surface area contributed by atoms with E-state index >= 15 is 0 Å². The van der Waals surface area contributed by atoms with Crippen LogP contribution in [0, 0.1) is 6.07 Å². The van der Waals surface area contributed by atoms with Crippen LogP contribution in [-0.2, 0) is 10.3 Å². The maximum absolute atomic E-state index is 10.2. The van der Waals surface area contributed by atoms with E-state index in [1.165, 1.54) is 0 Å². The molecule has 1 radical (unpaired) electrons. The van der Waals surface area contributed by atoms with Gasteiger partial charge in [0.15, 0.2) is 0 Å². The molecule has 0 amide bonds. The Hall–Kier alpha value is -1.10. The third-order valence-corrected chi connectivity index (χ3v) is 3.46. The summed E-state index contributed by atoms with van der Waals surface area (Å²) in [5.74, 6) is 0. The third kappa shape index (κ3) is 2.04. The molecule has 0 aliphatic carbocycles. The van der Waals surface area contributed by atoms with Gasteiger partial charge in [-0.15, -0.1) is 0 Å². The average Bonchev–Trinajstić information content (AvgIpc) is 2.37. The minimum Gasteiger partial charge on any atom is -0.380 e. The Labute approximate surface area is 101 Å². The molecule has 4 heteroatoms. The molecular formula is C13H17N2O2. The van der Waals surface area contributed by atoms with Crippen LogP contribution in [0.2, 0.25) is 0 Å². The molecule has 1 aromatic carbocycles. The highest BCUT2D eigenvalue weighted by molar-refractivity contribution is 5.49. The molecule has 0 atom stereocenters. The Kier molecular flexibility index (Phi) is 2.78. The summed E-state index contributed by atoms with van der Waals surface area (Å²) in [6.45, 7) is 4.80. The minimum atomic E-state index is -0.780. The van der Waals surface area contributed by atoms with E-state index in [9.17, 15) is 5.11 Å². The molecule has 3 rings (SSSR count). The fourth-order valence-corrected chi connectivity index (χ4v) is 2.29. The highest BCUT2D eigenvalue weighted by atomic mass is 16.5. The van der Waals surface area contributed by atoms with E-state index in [1.54, 1.807) is 0 Å². The number of ether oxygens (including phenoxy) is 1. The molecule has 91 valence electrons. The van der Waals surface area contributed by atoms with Crippen molar-refractivity contribution in [1.29, 1.82) is 0 Å². The van der Waals surface area contributed by atoms with Gasteiger partial charge in [-0.1, -0.05) is 12.1 Å². The van der Waals surface area contributed by atoms with Gasteiger partial charge in [-0.25, -0.2) is 0 Å². The zero-order valence-electron chi connectivity index (χ0n) is 9.78. The number of nitrogens with one attached hydrogen (secondary N) is 1. The van der Waals surface area contributed by atoms with Crippen LogP contribution in [0.5, 0.6) is 0 Å². The van der Waals surface area contributed by atoms with Crippen molar-refractivity contribution >= 4 is 5.69 Å². The van der Waals surface area contributed by atoms with Gasteiger partial charge in [0.05, 0.1) is 13.2 Å². The number of aliphatic hydroxyl groups is 1. The smallest absolute Gasteiger partial charge is 0.136 e.